The maximum absolute atomic E-state index is 13.1. The van der Waals surface area contributed by atoms with Crippen LogP contribution < -0.4 is 9.62 Å². The van der Waals surface area contributed by atoms with Gasteiger partial charge in [-0.1, -0.05) is 0 Å². The summed E-state index contributed by atoms with van der Waals surface area (Å²) in [7, 11) is -2.37. The Morgan fingerprint density at radius 3 is 2.41 bits per heavy atom. The van der Waals surface area contributed by atoms with E-state index in [0.29, 0.717) is 10.6 Å². The Kier molecular flexibility index (Phi) is 5.21. The number of hydrogen-bond acceptors (Lipinski definition) is 4. The quantitative estimate of drug-likeness (QED) is 0.696. The molecule has 5 nitrogen and oxygen atoms in total. The lowest BCUT2D eigenvalue weighted by atomic mass is 10.2. The molecule has 0 spiro atoms. The molecule has 0 aliphatic carbocycles. The zero-order valence-electron chi connectivity index (χ0n) is 15.1. The van der Waals surface area contributed by atoms with Gasteiger partial charge < -0.3 is 5.32 Å². The van der Waals surface area contributed by atoms with E-state index in [1.807, 2.05) is 13.8 Å². The van der Waals surface area contributed by atoms with Crippen molar-refractivity contribution in [3.63, 3.8) is 0 Å². The third-order valence-electron chi connectivity index (χ3n) is 3.98. The van der Waals surface area contributed by atoms with E-state index >= 15 is 0 Å². The summed E-state index contributed by atoms with van der Waals surface area (Å²) in [6.07, 6.45) is 0. The molecule has 3 rings (SSSR count). The molecule has 1 aromatic heterocycles. The number of amides is 1. The maximum Gasteiger partial charge on any atom is 0.264 e. The van der Waals surface area contributed by atoms with E-state index < -0.39 is 15.8 Å². The minimum atomic E-state index is -3.81. The van der Waals surface area contributed by atoms with Crippen LogP contribution in [0.5, 0.6) is 0 Å². The lowest BCUT2D eigenvalue weighted by Crippen LogP contribution is -2.29. The highest BCUT2D eigenvalue weighted by molar-refractivity contribution is 7.92. The van der Waals surface area contributed by atoms with Gasteiger partial charge in [0.15, 0.2) is 0 Å². The van der Waals surface area contributed by atoms with Gasteiger partial charge in [0.25, 0.3) is 15.9 Å². The highest BCUT2D eigenvalue weighted by Crippen LogP contribution is 2.31. The smallest absolute Gasteiger partial charge is 0.264 e. The van der Waals surface area contributed by atoms with Crippen LogP contribution >= 0.6 is 11.3 Å². The predicted octanol–water partition coefficient (Wildman–Crippen LogP) is 4.00. The molecule has 0 aliphatic heterocycles. The van der Waals surface area contributed by atoms with Crippen molar-refractivity contribution in [1.29, 1.82) is 0 Å². The summed E-state index contributed by atoms with van der Waals surface area (Å²) in [6.45, 7) is 3.77. The maximum atomic E-state index is 13.1. The SMILES string of the molecule is CC(C)NC(=O)c1cc2cc(N(C)S(=O)(=O)c3ccc(F)cc3)ccc2s1. The fourth-order valence-electron chi connectivity index (χ4n) is 2.58. The third kappa shape index (κ3) is 3.96. The first-order valence-corrected chi connectivity index (χ1v) is 10.5. The molecule has 1 N–H and O–H groups in total. The molecule has 0 bridgehead atoms. The molecular weight excluding hydrogens is 387 g/mol. The van der Waals surface area contributed by atoms with Gasteiger partial charge in [-0.15, -0.1) is 11.3 Å². The molecule has 3 aromatic rings. The van der Waals surface area contributed by atoms with Gasteiger partial charge in [0.1, 0.15) is 5.82 Å². The predicted molar refractivity (Wildman–Crippen MR) is 106 cm³/mol. The minimum absolute atomic E-state index is 0.00816. The van der Waals surface area contributed by atoms with Crippen LogP contribution in [-0.2, 0) is 10.0 Å². The van der Waals surface area contributed by atoms with Crippen LogP contribution in [-0.4, -0.2) is 27.4 Å². The number of carbonyl (C=O) groups is 1. The Hall–Kier alpha value is -2.45. The van der Waals surface area contributed by atoms with Crippen molar-refractivity contribution in [3.05, 3.63) is 59.2 Å². The van der Waals surface area contributed by atoms with E-state index in [1.54, 1.807) is 24.3 Å². The van der Waals surface area contributed by atoms with E-state index in [-0.39, 0.29) is 16.8 Å². The van der Waals surface area contributed by atoms with E-state index in [4.69, 9.17) is 0 Å². The van der Waals surface area contributed by atoms with Gasteiger partial charge in [-0.3, -0.25) is 9.10 Å². The van der Waals surface area contributed by atoms with Crippen molar-refractivity contribution in [2.24, 2.45) is 0 Å². The number of nitrogens with zero attached hydrogens (tertiary/aromatic N) is 1. The molecule has 27 heavy (non-hydrogen) atoms. The lowest BCUT2D eigenvalue weighted by Gasteiger charge is -2.19. The van der Waals surface area contributed by atoms with E-state index in [9.17, 15) is 17.6 Å². The molecule has 0 saturated heterocycles. The van der Waals surface area contributed by atoms with Gasteiger partial charge in [0.2, 0.25) is 0 Å². The largest absolute Gasteiger partial charge is 0.349 e. The summed E-state index contributed by atoms with van der Waals surface area (Å²) < 4.78 is 40.6. The highest BCUT2D eigenvalue weighted by Gasteiger charge is 2.22. The number of rotatable bonds is 5. The molecule has 8 heteroatoms. The molecule has 0 unspecified atom stereocenters. The molecule has 142 valence electrons. The van der Waals surface area contributed by atoms with Crippen LogP contribution in [0.2, 0.25) is 0 Å². The van der Waals surface area contributed by atoms with Gasteiger partial charge in [-0.05, 0) is 67.8 Å². The number of halogens is 1. The Morgan fingerprint density at radius 2 is 1.78 bits per heavy atom. The van der Waals surface area contributed by atoms with Crippen molar-refractivity contribution >= 4 is 43.0 Å². The fraction of sp³-hybridized carbons (Fsp3) is 0.211. The van der Waals surface area contributed by atoms with Crippen LogP contribution in [0.4, 0.5) is 10.1 Å². The van der Waals surface area contributed by atoms with E-state index in [0.717, 1.165) is 26.5 Å². The van der Waals surface area contributed by atoms with Crippen LogP contribution in [0.3, 0.4) is 0 Å². The van der Waals surface area contributed by atoms with Gasteiger partial charge in [0.05, 0.1) is 15.5 Å². The first-order valence-electron chi connectivity index (χ1n) is 8.27. The second-order valence-electron chi connectivity index (χ2n) is 6.39. The number of fused-ring (bicyclic) bond motifs is 1. The minimum Gasteiger partial charge on any atom is -0.349 e. The molecule has 0 atom stereocenters. The van der Waals surface area contributed by atoms with Crippen molar-refractivity contribution < 1.29 is 17.6 Å². The molecule has 0 fully saturated rings. The summed E-state index contributed by atoms with van der Waals surface area (Å²) in [6, 6.07) is 11.7. The van der Waals surface area contributed by atoms with Crippen molar-refractivity contribution in [2.75, 3.05) is 11.4 Å². The molecule has 1 heterocycles. The normalized spacial score (nSPS) is 11.7. The number of benzene rings is 2. The highest BCUT2D eigenvalue weighted by atomic mass is 32.2. The van der Waals surface area contributed by atoms with Crippen LogP contribution in [0.1, 0.15) is 23.5 Å². The summed E-state index contributed by atoms with van der Waals surface area (Å²) in [5.74, 6) is -0.650. The number of hydrogen-bond donors (Lipinski definition) is 1. The number of anilines is 1. The zero-order chi connectivity index (χ0) is 19.8. The first-order chi connectivity index (χ1) is 12.7. The number of nitrogens with one attached hydrogen (secondary N) is 1. The van der Waals surface area contributed by atoms with Crippen molar-refractivity contribution in [3.8, 4) is 0 Å². The van der Waals surface area contributed by atoms with Gasteiger partial charge in [0, 0.05) is 17.8 Å². The van der Waals surface area contributed by atoms with Crippen molar-refractivity contribution in [2.45, 2.75) is 24.8 Å². The Labute approximate surface area is 161 Å². The Balaban J connectivity index is 1.94. The molecule has 0 aliphatic rings. The zero-order valence-corrected chi connectivity index (χ0v) is 16.7. The van der Waals surface area contributed by atoms with Gasteiger partial charge in [-0.2, -0.15) is 0 Å². The van der Waals surface area contributed by atoms with Gasteiger partial charge in [-0.25, -0.2) is 12.8 Å². The number of carbonyl (C=O) groups excluding carboxylic acids is 1. The second kappa shape index (κ2) is 7.28. The molecule has 0 radical (unpaired) electrons. The van der Waals surface area contributed by atoms with Crippen LogP contribution in [0.25, 0.3) is 10.1 Å². The third-order valence-corrected chi connectivity index (χ3v) is 6.89. The Bertz CT molecular complexity index is 1090. The fourth-order valence-corrected chi connectivity index (χ4v) is 4.71. The monoisotopic (exact) mass is 406 g/mol. The Morgan fingerprint density at radius 1 is 1.11 bits per heavy atom. The topological polar surface area (TPSA) is 66.5 Å². The molecule has 2 aromatic carbocycles. The second-order valence-corrected chi connectivity index (χ2v) is 9.44. The molecule has 0 saturated carbocycles. The summed E-state index contributed by atoms with van der Waals surface area (Å²) in [5.41, 5.74) is 0.459. The van der Waals surface area contributed by atoms with Crippen molar-refractivity contribution in [1.82, 2.24) is 5.32 Å². The number of thiophene rings is 1. The van der Waals surface area contributed by atoms with Crippen LogP contribution in [0, 0.1) is 5.82 Å². The average Bonchev–Trinajstić information content (AvgIpc) is 3.04. The summed E-state index contributed by atoms with van der Waals surface area (Å²) >= 11 is 1.35. The summed E-state index contributed by atoms with van der Waals surface area (Å²) in [4.78, 5) is 12.8. The summed E-state index contributed by atoms with van der Waals surface area (Å²) in [5, 5.41) is 3.63. The molecular formula is C19H19FN2O3S2. The standard InChI is InChI=1S/C19H19FN2O3S2/c1-12(2)21-19(23)18-11-13-10-15(6-9-17(13)26-18)22(3)27(24,25)16-7-4-14(20)5-8-16/h4-12H,1-3H3,(H,21,23). The number of sulfonamides is 1. The van der Waals surface area contributed by atoms with E-state index in [2.05, 4.69) is 5.32 Å². The average molecular weight is 407 g/mol. The van der Waals surface area contributed by atoms with E-state index in [1.165, 1.54) is 30.5 Å². The lowest BCUT2D eigenvalue weighted by molar-refractivity contribution is 0.0947. The molecule has 1 amide bonds. The van der Waals surface area contributed by atoms with Gasteiger partial charge >= 0.3 is 0 Å². The van der Waals surface area contributed by atoms with Crippen LogP contribution in [0.15, 0.2) is 53.4 Å². The first kappa shape index (κ1) is 19.3.